The Labute approximate surface area is 106 Å². The molecule has 0 fully saturated rings. The van der Waals surface area contributed by atoms with E-state index in [4.69, 9.17) is 0 Å². The van der Waals surface area contributed by atoms with Crippen LogP contribution in [0.1, 0.15) is 22.9 Å². The van der Waals surface area contributed by atoms with E-state index in [1.807, 2.05) is 0 Å². The zero-order valence-electron chi connectivity index (χ0n) is 9.82. The van der Waals surface area contributed by atoms with Gasteiger partial charge in [0.1, 0.15) is 11.9 Å². The highest BCUT2D eigenvalue weighted by Crippen LogP contribution is 2.34. The molecule has 1 unspecified atom stereocenters. The standard InChI is InChI=1S/C12H10F4N2O/c1-18-10(4-5-17-18)11(19)7-2-3-9(13)8(6-7)12(14,15)16/h2-6,11,19H,1H3. The first-order valence-corrected chi connectivity index (χ1v) is 5.33. The number of hydrogen-bond acceptors (Lipinski definition) is 2. The van der Waals surface area contributed by atoms with Gasteiger partial charge >= 0.3 is 6.18 Å². The van der Waals surface area contributed by atoms with Crippen LogP contribution in [0, 0.1) is 5.82 Å². The van der Waals surface area contributed by atoms with Crippen LogP contribution in [0.15, 0.2) is 30.5 Å². The zero-order valence-corrected chi connectivity index (χ0v) is 9.82. The van der Waals surface area contributed by atoms with E-state index in [1.165, 1.54) is 16.9 Å². The lowest BCUT2D eigenvalue weighted by Gasteiger charge is -2.14. The van der Waals surface area contributed by atoms with E-state index in [-0.39, 0.29) is 5.56 Å². The quantitative estimate of drug-likeness (QED) is 0.855. The smallest absolute Gasteiger partial charge is 0.382 e. The van der Waals surface area contributed by atoms with Crippen molar-refractivity contribution in [3.8, 4) is 0 Å². The van der Waals surface area contributed by atoms with Gasteiger partial charge in [-0.25, -0.2) is 4.39 Å². The van der Waals surface area contributed by atoms with E-state index < -0.39 is 23.7 Å². The zero-order chi connectivity index (χ0) is 14.2. The van der Waals surface area contributed by atoms with Crippen LogP contribution >= 0.6 is 0 Å². The molecule has 0 saturated carbocycles. The molecule has 0 aliphatic rings. The average Bonchev–Trinajstić information content (AvgIpc) is 2.73. The number of alkyl halides is 3. The summed E-state index contributed by atoms with van der Waals surface area (Å²) in [5.41, 5.74) is -1.12. The number of benzene rings is 1. The maximum Gasteiger partial charge on any atom is 0.419 e. The van der Waals surface area contributed by atoms with Crippen molar-refractivity contribution in [1.82, 2.24) is 9.78 Å². The van der Waals surface area contributed by atoms with Crippen LogP contribution in [0.4, 0.5) is 17.6 Å². The number of hydrogen-bond donors (Lipinski definition) is 1. The minimum atomic E-state index is -4.80. The Morgan fingerprint density at radius 3 is 2.47 bits per heavy atom. The molecule has 1 heterocycles. The molecule has 0 saturated heterocycles. The molecule has 1 N–H and O–H groups in total. The highest BCUT2D eigenvalue weighted by Gasteiger charge is 2.34. The molecule has 0 bridgehead atoms. The van der Waals surface area contributed by atoms with Gasteiger partial charge in [0.25, 0.3) is 0 Å². The molecule has 19 heavy (non-hydrogen) atoms. The Balaban J connectivity index is 2.44. The van der Waals surface area contributed by atoms with Crippen LogP contribution in [-0.4, -0.2) is 14.9 Å². The van der Waals surface area contributed by atoms with Crippen LogP contribution in [0.5, 0.6) is 0 Å². The molecule has 2 aromatic rings. The molecule has 1 aromatic heterocycles. The number of nitrogens with zero attached hydrogens (tertiary/aromatic N) is 2. The Morgan fingerprint density at radius 2 is 1.95 bits per heavy atom. The molecule has 2 rings (SSSR count). The fourth-order valence-corrected chi connectivity index (χ4v) is 1.75. The summed E-state index contributed by atoms with van der Waals surface area (Å²) >= 11 is 0. The Hall–Kier alpha value is -1.89. The lowest BCUT2D eigenvalue weighted by Crippen LogP contribution is -2.11. The topological polar surface area (TPSA) is 38.0 Å². The molecule has 0 aliphatic heterocycles. The molecule has 7 heteroatoms. The summed E-state index contributed by atoms with van der Waals surface area (Å²) in [5.74, 6) is -1.37. The fraction of sp³-hybridized carbons (Fsp3) is 0.250. The second-order valence-electron chi connectivity index (χ2n) is 4.02. The minimum absolute atomic E-state index is 0.0441. The summed E-state index contributed by atoms with van der Waals surface area (Å²) in [7, 11) is 1.55. The van der Waals surface area contributed by atoms with E-state index in [2.05, 4.69) is 5.10 Å². The highest BCUT2D eigenvalue weighted by molar-refractivity contribution is 5.32. The lowest BCUT2D eigenvalue weighted by atomic mass is 10.0. The average molecular weight is 274 g/mol. The number of aliphatic hydroxyl groups excluding tert-OH is 1. The monoisotopic (exact) mass is 274 g/mol. The molecule has 1 atom stereocenters. The van der Waals surface area contributed by atoms with Gasteiger partial charge in [-0.05, 0) is 23.8 Å². The van der Waals surface area contributed by atoms with Gasteiger partial charge in [0.15, 0.2) is 0 Å². The van der Waals surface area contributed by atoms with Crippen molar-refractivity contribution in [1.29, 1.82) is 0 Å². The third-order valence-corrected chi connectivity index (χ3v) is 2.75. The van der Waals surface area contributed by atoms with Crippen LogP contribution < -0.4 is 0 Å². The molecular weight excluding hydrogens is 264 g/mol. The summed E-state index contributed by atoms with van der Waals surface area (Å²) in [5, 5.41) is 13.8. The molecule has 1 aromatic carbocycles. The summed E-state index contributed by atoms with van der Waals surface area (Å²) in [4.78, 5) is 0. The van der Waals surface area contributed by atoms with E-state index >= 15 is 0 Å². The number of rotatable bonds is 2. The summed E-state index contributed by atoms with van der Waals surface area (Å²) in [6.45, 7) is 0. The fourth-order valence-electron chi connectivity index (χ4n) is 1.75. The molecule has 0 spiro atoms. The molecule has 102 valence electrons. The van der Waals surface area contributed by atoms with Crippen molar-refractivity contribution < 1.29 is 22.7 Å². The van der Waals surface area contributed by atoms with Crippen LogP contribution in [0.25, 0.3) is 0 Å². The van der Waals surface area contributed by atoms with E-state index in [0.29, 0.717) is 17.8 Å². The lowest BCUT2D eigenvalue weighted by molar-refractivity contribution is -0.140. The van der Waals surface area contributed by atoms with Crippen LogP contribution in [0.2, 0.25) is 0 Å². The molecule has 0 radical (unpaired) electrons. The third-order valence-electron chi connectivity index (χ3n) is 2.75. The number of halogens is 4. The van der Waals surface area contributed by atoms with Gasteiger partial charge in [-0.2, -0.15) is 18.3 Å². The number of aliphatic hydroxyl groups is 1. The van der Waals surface area contributed by atoms with Crippen molar-refractivity contribution >= 4 is 0 Å². The largest absolute Gasteiger partial charge is 0.419 e. The SMILES string of the molecule is Cn1nccc1C(O)c1ccc(F)c(C(F)(F)F)c1. The van der Waals surface area contributed by atoms with Gasteiger partial charge in [-0.3, -0.25) is 4.68 Å². The van der Waals surface area contributed by atoms with Crippen LogP contribution in [0.3, 0.4) is 0 Å². The van der Waals surface area contributed by atoms with Crippen molar-refractivity contribution in [2.75, 3.05) is 0 Å². The Morgan fingerprint density at radius 1 is 1.26 bits per heavy atom. The van der Waals surface area contributed by atoms with Gasteiger partial charge < -0.3 is 5.11 Å². The third kappa shape index (κ3) is 2.60. The van der Waals surface area contributed by atoms with Crippen LogP contribution in [-0.2, 0) is 13.2 Å². The van der Waals surface area contributed by atoms with E-state index in [0.717, 1.165) is 6.07 Å². The number of aryl methyl sites for hydroxylation is 1. The second-order valence-corrected chi connectivity index (χ2v) is 4.02. The minimum Gasteiger partial charge on any atom is -0.382 e. The van der Waals surface area contributed by atoms with Gasteiger partial charge in [0, 0.05) is 13.2 Å². The normalized spacial score (nSPS) is 13.6. The van der Waals surface area contributed by atoms with Crippen molar-refractivity contribution in [3.63, 3.8) is 0 Å². The summed E-state index contributed by atoms with van der Waals surface area (Å²) in [6.07, 6.45) is -4.69. The van der Waals surface area contributed by atoms with Gasteiger partial charge in [-0.1, -0.05) is 6.07 Å². The first-order valence-electron chi connectivity index (χ1n) is 5.33. The molecular formula is C12H10F4N2O. The second kappa shape index (κ2) is 4.65. The Kier molecular flexibility index (Phi) is 3.32. The predicted octanol–water partition coefficient (Wildman–Crippen LogP) is 2.66. The van der Waals surface area contributed by atoms with E-state index in [9.17, 15) is 22.7 Å². The summed E-state index contributed by atoms with van der Waals surface area (Å²) < 4.78 is 52.2. The first-order chi connectivity index (χ1) is 8.80. The van der Waals surface area contributed by atoms with E-state index in [1.54, 1.807) is 7.05 Å². The maximum atomic E-state index is 13.1. The van der Waals surface area contributed by atoms with Gasteiger partial charge in [-0.15, -0.1) is 0 Å². The van der Waals surface area contributed by atoms with Crippen molar-refractivity contribution in [2.45, 2.75) is 12.3 Å². The number of aromatic nitrogens is 2. The van der Waals surface area contributed by atoms with Crippen molar-refractivity contribution in [2.24, 2.45) is 7.05 Å². The van der Waals surface area contributed by atoms with Gasteiger partial charge in [0.05, 0.1) is 11.3 Å². The maximum absolute atomic E-state index is 13.1. The highest BCUT2D eigenvalue weighted by atomic mass is 19.4. The Bertz CT molecular complexity index is 592. The molecule has 0 amide bonds. The molecule has 3 nitrogen and oxygen atoms in total. The first kappa shape index (κ1) is 13.5. The molecule has 0 aliphatic carbocycles. The van der Waals surface area contributed by atoms with Gasteiger partial charge in [0.2, 0.25) is 0 Å². The van der Waals surface area contributed by atoms with Crippen molar-refractivity contribution in [3.05, 3.63) is 53.1 Å². The predicted molar refractivity (Wildman–Crippen MR) is 58.7 cm³/mol. The summed E-state index contributed by atoms with van der Waals surface area (Å²) in [6, 6.07) is 3.88.